The van der Waals surface area contributed by atoms with Gasteiger partial charge in [0, 0.05) is 37.1 Å². The summed E-state index contributed by atoms with van der Waals surface area (Å²) >= 11 is 0. The summed E-state index contributed by atoms with van der Waals surface area (Å²) in [6.45, 7) is 6.96. The highest BCUT2D eigenvalue weighted by atomic mass is 19.4. The first-order valence-corrected chi connectivity index (χ1v) is 9.66. The number of nitrogens with zero attached hydrogens (tertiary/aromatic N) is 3. The molecule has 2 heterocycles. The molecule has 0 unspecified atom stereocenters. The first-order chi connectivity index (χ1) is 13.9. The van der Waals surface area contributed by atoms with Crippen molar-refractivity contribution < 1.29 is 17.9 Å². The van der Waals surface area contributed by atoms with Crippen LogP contribution in [0.25, 0.3) is 22.0 Å². The molecule has 0 saturated carbocycles. The number of alkyl halides is 3. The van der Waals surface area contributed by atoms with Gasteiger partial charge in [0.05, 0.1) is 5.69 Å². The van der Waals surface area contributed by atoms with E-state index in [1.54, 1.807) is 12.1 Å². The van der Waals surface area contributed by atoms with E-state index < -0.39 is 6.36 Å². The molecule has 29 heavy (non-hydrogen) atoms. The molecule has 1 aromatic heterocycles. The summed E-state index contributed by atoms with van der Waals surface area (Å²) < 4.78 is 41.2. The Hall–Kier alpha value is -2.80. The molecule has 0 spiro atoms. The second-order valence-electron chi connectivity index (χ2n) is 7.05. The number of ether oxygens (including phenoxy) is 1. The Morgan fingerprint density at radius 2 is 1.66 bits per heavy atom. The van der Waals surface area contributed by atoms with Gasteiger partial charge in [-0.2, -0.15) is 0 Å². The van der Waals surface area contributed by atoms with Gasteiger partial charge in [-0.15, -0.1) is 13.2 Å². The molecule has 0 bridgehead atoms. The fourth-order valence-corrected chi connectivity index (χ4v) is 3.67. The third kappa shape index (κ3) is 4.45. The topological polar surface area (TPSA) is 28.6 Å². The molecule has 152 valence electrons. The molecule has 4 rings (SSSR count). The zero-order chi connectivity index (χ0) is 20.4. The van der Waals surface area contributed by atoms with Crippen molar-refractivity contribution in [2.45, 2.75) is 13.3 Å². The number of anilines is 1. The normalized spacial score (nSPS) is 15.7. The highest BCUT2D eigenvalue weighted by Gasteiger charge is 2.31. The first kappa shape index (κ1) is 19.5. The van der Waals surface area contributed by atoms with Gasteiger partial charge < -0.3 is 14.5 Å². The van der Waals surface area contributed by atoms with Crippen molar-refractivity contribution in [2.75, 3.05) is 37.6 Å². The molecule has 1 saturated heterocycles. The fraction of sp³-hybridized carbons (Fsp3) is 0.318. The number of piperazine rings is 1. The van der Waals surface area contributed by atoms with Gasteiger partial charge in [0.25, 0.3) is 0 Å². The molecule has 3 aromatic rings. The van der Waals surface area contributed by atoms with Crippen LogP contribution in [0, 0.1) is 0 Å². The van der Waals surface area contributed by atoms with E-state index >= 15 is 0 Å². The quantitative estimate of drug-likeness (QED) is 0.619. The summed E-state index contributed by atoms with van der Waals surface area (Å²) in [6, 6.07) is 15.9. The third-order valence-corrected chi connectivity index (χ3v) is 5.22. The van der Waals surface area contributed by atoms with Crippen LogP contribution in [0.5, 0.6) is 5.75 Å². The van der Waals surface area contributed by atoms with E-state index in [1.165, 1.54) is 12.1 Å². The minimum Gasteiger partial charge on any atom is -0.406 e. The average Bonchev–Trinajstić information content (AvgIpc) is 2.72. The first-order valence-electron chi connectivity index (χ1n) is 9.66. The highest BCUT2D eigenvalue weighted by Crippen LogP contribution is 2.32. The van der Waals surface area contributed by atoms with Crippen LogP contribution in [-0.4, -0.2) is 49.0 Å². The molecule has 0 aliphatic carbocycles. The molecule has 2 aromatic carbocycles. The summed E-state index contributed by atoms with van der Waals surface area (Å²) in [6.07, 6.45) is -4.70. The van der Waals surface area contributed by atoms with Crippen LogP contribution in [0.4, 0.5) is 19.0 Å². The van der Waals surface area contributed by atoms with E-state index in [0.29, 0.717) is 0 Å². The van der Waals surface area contributed by atoms with Crippen LogP contribution < -0.4 is 9.64 Å². The van der Waals surface area contributed by atoms with Gasteiger partial charge in [0.15, 0.2) is 0 Å². The Morgan fingerprint density at radius 1 is 0.966 bits per heavy atom. The Bertz CT molecular complexity index is 981. The lowest BCUT2D eigenvalue weighted by Crippen LogP contribution is -2.46. The summed E-state index contributed by atoms with van der Waals surface area (Å²) in [7, 11) is 0. The standard InChI is InChI=1S/C22H22F3N3O/c1-2-27-11-13-28(14-12-27)21-19-6-4-3-5-17(19)15-20(26-21)16-7-9-18(10-8-16)29-22(23,24)25/h3-10,15H,2,11-14H2,1H3. The van der Waals surface area contributed by atoms with Gasteiger partial charge in [-0.05, 0) is 42.3 Å². The SMILES string of the molecule is CCN1CCN(c2nc(-c3ccc(OC(F)(F)F)cc3)cc3ccccc23)CC1. The number of rotatable bonds is 4. The fourth-order valence-electron chi connectivity index (χ4n) is 3.67. The molecular weight excluding hydrogens is 379 g/mol. The van der Waals surface area contributed by atoms with Crippen molar-refractivity contribution in [3.63, 3.8) is 0 Å². The average molecular weight is 401 g/mol. The van der Waals surface area contributed by atoms with E-state index in [2.05, 4.69) is 27.5 Å². The van der Waals surface area contributed by atoms with Crippen LogP contribution in [0.2, 0.25) is 0 Å². The maximum atomic E-state index is 12.4. The number of likely N-dealkylation sites (N-methyl/N-ethyl adjacent to an activating group) is 1. The molecule has 0 atom stereocenters. The largest absolute Gasteiger partial charge is 0.573 e. The summed E-state index contributed by atoms with van der Waals surface area (Å²) in [5, 5.41) is 2.14. The number of aromatic nitrogens is 1. The zero-order valence-electron chi connectivity index (χ0n) is 16.1. The molecule has 1 aliphatic heterocycles. The number of fused-ring (bicyclic) bond motifs is 1. The maximum Gasteiger partial charge on any atom is 0.573 e. The summed E-state index contributed by atoms with van der Waals surface area (Å²) in [4.78, 5) is 9.59. The van der Waals surface area contributed by atoms with Crippen molar-refractivity contribution in [3.05, 3.63) is 54.6 Å². The zero-order valence-corrected chi connectivity index (χ0v) is 16.1. The van der Waals surface area contributed by atoms with Gasteiger partial charge in [-0.3, -0.25) is 0 Å². The second-order valence-corrected chi connectivity index (χ2v) is 7.05. The summed E-state index contributed by atoms with van der Waals surface area (Å²) in [5.74, 6) is 0.683. The van der Waals surface area contributed by atoms with Gasteiger partial charge in [0.1, 0.15) is 11.6 Å². The molecule has 0 amide bonds. The monoisotopic (exact) mass is 401 g/mol. The predicted molar refractivity (Wildman–Crippen MR) is 108 cm³/mol. The van der Waals surface area contributed by atoms with Gasteiger partial charge in [-0.1, -0.05) is 31.2 Å². The van der Waals surface area contributed by atoms with Gasteiger partial charge in [0.2, 0.25) is 0 Å². The lowest BCUT2D eigenvalue weighted by molar-refractivity contribution is -0.274. The lowest BCUT2D eigenvalue weighted by atomic mass is 10.1. The van der Waals surface area contributed by atoms with E-state index in [1.807, 2.05) is 24.3 Å². The minimum absolute atomic E-state index is 0.238. The smallest absolute Gasteiger partial charge is 0.406 e. The van der Waals surface area contributed by atoms with E-state index in [9.17, 15) is 13.2 Å². The molecule has 0 N–H and O–H groups in total. The minimum atomic E-state index is -4.70. The van der Waals surface area contributed by atoms with E-state index in [4.69, 9.17) is 4.98 Å². The van der Waals surface area contributed by atoms with E-state index in [0.717, 1.165) is 60.6 Å². The van der Waals surface area contributed by atoms with Crippen LogP contribution in [0.3, 0.4) is 0 Å². The molecule has 0 radical (unpaired) electrons. The van der Waals surface area contributed by atoms with Crippen molar-refractivity contribution in [3.8, 4) is 17.0 Å². The molecular formula is C22H22F3N3O. The van der Waals surface area contributed by atoms with Crippen LogP contribution >= 0.6 is 0 Å². The Kier molecular flexibility index (Phi) is 5.32. The number of halogens is 3. The Morgan fingerprint density at radius 3 is 2.31 bits per heavy atom. The van der Waals surface area contributed by atoms with Crippen molar-refractivity contribution in [1.82, 2.24) is 9.88 Å². The summed E-state index contributed by atoms with van der Waals surface area (Å²) in [5.41, 5.74) is 1.48. The molecule has 7 heteroatoms. The number of benzene rings is 2. The third-order valence-electron chi connectivity index (χ3n) is 5.22. The maximum absolute atomic E-state index is 12.4. The number of pyridine rings is 1. The van der Waals surface area contributed by atoms with Crippen molar-refractivity contribution in [2.24, 2.45) is 0 Å². The number of hydrogen-bond donors (Lipinski definition) is 0. The van der Waals surface area contributed by atoms with Crippen molar-refractivity contribution in [1.29, 1.82) is 0 Å². The van der Waals surface area contributed by atoms with Crippen molar-refractivity contribution >= 4 is 16.6 Å². The Balaban J connectivity index is 1.69. The van der Waals surface area contributed by atoms with Crippen LogP contribution in [-0.2, 0) is 0 Å². The van der Waals surface area contributed by atoms with Gasteiger partial charge in [-0.25, -0.2) is 4.98 Å². The van der Waals surface area contributed by atoms with E-state index in [-0.39, 0.29) is 5.75 Å². The predicted octanol–water partition coefficient (Wildman–Crippen LogP) is 4.94. The molecule has 4 nitrogen and oxygen atoms in total. The van der Waals surface area contributed by atoms with Crippen LogP contribution in [0.1, 0.15) is 6.92 Å². The Labute approximate surface area is 167 Å². The van der Waals surface area contributed by atoms with Crippen LogP contribution in [0.15, 0.2) is 54.6 Å². The molecule has 1 fully saturated rings. The second kappa shape index (κ2) is 7.91. The number of hydrogen-bond acceptors (Lipinski definition) is 4. The van der Waals surface area contributed by atoms with Gasteiger partial charge >= 0.3 is 6.36 Å². The molecule has 1 aliphatic rings. The highest BCUT2D eigenvalue weighted by molar-refractivity contribution is 5.95. The lowest BCUT2D eigenvalue weighted by Gasteiger charge is -2.35.